The Morgan fingerprint density at radius 3 is 2.60 bits per heavy atom. The number of benzene rings is 3. The van der Waals surface area contributed by atoms with Crippen LogP contribution in [0.3, 0.4) is 0 Å². The van der Waals surface area contributed by atoms with Crippen molar-refractivity contribution in [1.29, 1.82) is 0 Å². The molecule has 0 aliphatic heterocycles. The molecule has 0 radical (unpaired) electrons. The molecule has 3 aromatic rings. The van der Waals surface area contributed by atoms with Crippen LogP contribution in [0.1, 0.15) is 49.7 Å². The molecule has 0 aromatic heterocycles. The third kappa shape index (κ3) is 7.18. The molecule has 0 spiro atoms. The summed E-state index contributed by atoms with van der Waals surface area (Å²) in [5, 5.41) is 17.1. The Hall–Kier alpha value is -3.12. The molecule has 0 unspecified atom stereocenters. The number of carbonyl (C=O) groups is 1. The molecule has 186 valence electrons. The zero-order valence-electron chi connectivity index (χ0n) is 20.4. The molecule has 4 rings (SSSR count). The van der Waals surface area contributed by atoms with Crippen molar-refractivity contribution in [2.45, 2.75) is 57.9 Å². The third-order valence-electron chi connectivity index (χ3n) is 6.86. The van der Waals surface area contributed by atoms with Gasteiger partial charge in [-0.2, -0.15) is 0 Å². The Labute approximate surface area is 206 Å². The maximum absolute atomic E-state index is 13.4. The van der Waals surface area contributed by atoms with Crippen LogP contribution in [0.25, 0.3) is 10.8 Å². The molecule has 1 aliphatic carbocycles. The van der Waals surface area contributed by atoms with Crippen molar-refractivity contribution in [1.82, 2.24) is 5.32 Å². The normalized spacial score (nSPS) is 17.8. The fourth-order valence-corrected chi connectivity index (χ4v) is 4.98. The molecule has 2 amide bonds. The second kappa shape index (κ2) is 12.0. The van der Waals surface area contributed by atoms with Crippen molar-refractivity contribution in [2.24, 2.45) is 5.92 Å². The van der Waals surface area contributed by atoms with Crippen LogP contribution in [0.15, 0.2) is 54.6 Å². The van der Waals surface area contributed by atoms with Crippen molar-refractivity contribution in [3.63, 3.8) is 0 Å². The number of fused-ring (bicyclic) bond motifs is 1. The summed E-state index contributed by atoms with van der Waals surface area (Å²) < 4.78 is 18.9. The van der Waals surface area contributed by atoms with Gasteiger partial charge in [-0.05, 0) is 97.5 Å². The maximum Gasteiger partial charge on any atom is 0.319 e. The average Bonchev–Trinajstić information content (AvgIpc) is 2.84. The fraction of sp³-hybridized carbons (Fsp3) is 0.414. The number of urea groups is 1. The molecule has 0 saturated heterocycles. The van der Waals surface area contributed by atoms with E-state index in [9.17, 15) is 9.18 Å². The van der Waals surface area contributed by atoms with E-state index in [2.05, 4.69) is 22.8 Å². The molecule has 0 bridgehead atoms. The highest BCUT2D eigenvalue weighted by atomic mass is 19.1. The molecule has 0 heterocycles. The molecule has 3 N–H and O–H groups in total. The highest BCUT2D eigenvalue weighted by molar-refractivity contribution is 5.91. The van der Waals surface area contributed by atoms with Crippen LogP contribution in [-0.2, 0) is 6.42 Å². The second-order valence-electron chi connectivity index (χ2n) is 9.61. The van der Waals surface area contributed by atoms with E-state index in [1.165, 1.54) is 18.1 Å². The Bertz CT molecular complexity index is 1140. The summed E-state index contributed by atoms with van der Waals surface area (Å²) in [7, 11) is 0. The van der Waals surface area contributed by atoms with Gasteiger partial charge in [0.15, 0.2) is 0 Å². The molecule has 0 atom stereocenters. The highest BCUT2D eigenvalue weighted by Crippen LogP contribution is 2.30. The minimum absolute atomic E-state index is 0.0771. The number of aliphatic hydroxyl groups is 1. The lowest BCUT2D eigenvalue weighted by Crippen LogP contribution is -2.40. The van der Waals surface area contributed by atoms with Gasteiger partial charge < -0.3 is 20.5 Å². The first kappa shape index (κ1) is 25.0. The summed E-state index contributed by atoms with van der Waals surface area (Å²) in [6.45, 7) is 2.07. The van der Waals surface area contributed by atoms with Gasteiger partial charge >= 0.3 is 6.03 Å². The van der Waals surface area contributed by atoms with E-state index in [0.717, 1.165) is 54.9 Å². The first-order valence-corrected chi connectivity index (χ1v) is 12.6. The molecule has 1 aliphatic rings. The Morgan fingerprint density at radius 1 is 1.03 bits per heavy atom. The lowest BCUT2D eigenvalue weighted by Gasteiger charge is -2.29. The summed E-state index contributed by atoms with van der Waals surface area (Å²) in [6, 6.07) is 16.8. The minimum Gasteiger partial charge on any atom is -0.489 e. The van der Waals surface area contributed by atoms with E-state index < -0.39 is 0 Å². The van der Waals surface area contributed by atoms with Crippen LogP contribution in [0.4, 0.5) is 14.9 Å². The van der Waals surface area contributed by atoms with E-state index >= 15 is 0 Å². The third-order valence-corrected chi connectivity index (χ3v) is 6.86. The zero-order chi connectivity index (χ0) is 24.6. The van der Waals surface area contributed by atoms with Crippen molar-refractivity contribution in [2.75, 3.05) is 18.5 Å². The number of halogens is 1. The highest BCUT2D eigenvalue weighted by Gasteiger charge is 2.22. The van der Waals surface area contributed by atoms with Gasteiger partial charge in [-0.3, -0.25) is 0 Å². The Morgan fingerprint density at radius 2 is 1.80 bits per heavy atom. The van der Waals surface area contributed by atoms with Gasteiger partial charge in [0, 0.05) is 6.04 Å². The Kier molecular flexibility index (Phi) is 8.59. The summed E-state index contributed by atoms with van der Waals surface area (Å²) in [4.78, 5) is 12.6. The number of rotatable bonds is 9. The predicted octanol–water partition coefficient (Wildman–Crippen LogP) is 6.36. The van der Waals surface area contributed by atoms with Gasteiger partial charge in [-0.25, -0.2) is 9.18 Å². The molecule has 1 fully saturated rings. The number of hydrogen-bond donors (Lipinski definition) is 3. The molecular formula is C29H35FN2O3. The first-order valence-electron chi connectivity index (χ1n) is 12.6. The number of aryl methyl sites for hydroxylation is 2. The van der Waals surface area contributed by atoms with Crippen LogP contribution in [0.5, 0.6) is 5.75 Å². The van der Waals surface area contributed by atoms with Crippen molar-refractivity contribution >= 4 is 22.5 Å². The van der Waals surface area contributed by atoms with Gasteiger partial charge in [-0.1, -0.05) is 36.8 Å². The van der Waals surface area contributed by atoms with E-state index in [1.54, 1.807) is 6.07 Å². The van der Waals surface area contributed by atoms with Crippen LogP contribution in [-0.4, -0.2) is 30.4 Å². The van der Waals surface area contributed by atoms with Crippen molar-refractivity contribution < 1.29 is 19.0 Å². The molecular weight excluding hydrogens is 443 g/mol. The smallest absolute Gasteiger partial charge is 0.319 e. The largest absolute Gasteiger partial charge is 0.489 e. The van der Waals surface area contributed by atoms with Crippen molar-refractivity contribution in [3.8, 4) is 5.75 Å². The van der Waals surface area contributed by atoms with Gasteiger partial charge in [0.2, 0.25) is 0 Å². The van der Waals surface area contributed by atoms with Gasteiger partial charge in [0.25, 0.3) is 0 Å². The molecule has 3 aromatic carbocycles. The number of ether oxygens (including phenoxy) is 1. The summed E-state index contributed by atoms with van der Waals surface area (Å²) >= 11 is 0. The van der Waals surface area contributed by atoms with Gasteiger partial charge in [0.05, 0.1) is 12.3 Å². The Balaban J connectivity index is 1.19. The summed E-state index contributed by atoms with van der Waals surface area (Å²) in [5.74, 6) is 1.06. The summed E-state index contributed by atoms with van der Waals surface area (Å²) in [6.07, 6.45) is 7.58. The van der Waals surface area contributed by atoms with Crippen molar-refractivity contribution in [3.05, 3.63) is 71.5 Å². The monoisotopic (exact) mass is 478 g/mol. The van der Waals surface area contributed by atoms with Gasteiger partial charge in [-0.15, -0.1) is 0 Å². The molecule has 1 saturated carbocycles. The van der Waals surface area contributed by atoms with Crippen LogP contribution >= 0.6 is 0 Å². The van der Waals surface area contributed by atoms with Crippen LogP contribution < -0.4 is 15.4 Å². The van der Waals surface area contributed by atoms with E-state index in [4.69, 9.17) is 9.84 Å². The predicted molar refractivity (Wildman–Crippen MR) is 139 cm³/mol. The average molecular weight is 479 g/mol. The van der Waals surface area contributed by atoms with Crippen LogP contribution in [0.2, 0.25) is 0 Å². The van der Waals surface area contributed by atoms with E-state index in [-0.39, 0.29) is 31.1 Å². The quantitative estimate of drug-likeness (QED) is 0.335. The molecule has 35 heavy (non-hydrogen) atoms. The van der Waals surface area contributed by atoms with Gasteiger partial charge in [0.1, 0.15) is 18.2 Å². The molecule has 5 nitrogen and oxygen atoms in total. The zero-order valence-corrected chi connectivity index (χ0v) is 20.4. The molecule has 6 heteroatoms. The number of anilines is 1. The minimum atomic E-state index is -0.218. The number of hydrogen-bond acceptors (Lipinski definition) is 3. The second-order valence-corrected chi connectivity index (χ2v) is 9.61. The SMILES string of the molecule is Cc1ccc(OCCO)c(NC(=O)NC2CCC(CCCc3ccc4cc(F)ccc4c3)CC2)c1. The maximum atomic E-state index is 13.4. The summed E-state index contributed by atoms with van der Waals surface area (Å²) in [5.41, 5.74) is 2.94. The fourth-order valence-electron chi connectivity index (χ4n) is 4.98. The number of amides is 2. The number of carbonyl (C=O) groups excluding carboxylic acids is 1. The topological polar surface area (TPSA) is 70.6 Å². The number of aliphatic hydroxyl groups excluding tert-OH is 1. The standard InChI is InChI=1S/C29H35FN2O3/c1-20-5-14-28(35-16-15-33)27(17-20)32-29(34)31-26-12-7-21(8-13-26)3-2-4-22-6-9-24-19-25(30)11-10-23(24)18-22/h5-6,9-11,14,17-19,21,26,33H,2-4,7-8,12-13,15-16H2,1H3,(H2,31,32,34). The lowest BCUT2D eigenvalue weighted by atomic mass is 9.83. The lowest BCUT2D eigenvalue weighted by molar-refractivity contribution is 0.202. The van der Waals surface area contributed by atoms with E-state index in [0.29, 0.717) is 17.4 Å². The number of nitrogens with one attached hydrogen (secondary N) is 2. The van der Waals surface area contributed by atoms with Crippen LogP contribution in [0, 0.1) is 18.7 Å². The van der Waals surface area contributed by atoms with E-state index in [1.807, 2.05) is 37.3 Å². The first-order chi connectivity index (χ1) is 17.0.